The summed E-state index contributed by atoms with van der Waals surface area (Å²) in [4.78, 5) is 0.283. The van der Waals surface area contributed by atoms with Crippen molar-refractivity contribution in [3.63, 3.8) is 0 Å². The van der Waals surface area contributed by atoms with Crippen molar-refractivity contribution in [3.05, 3.63) is 54.1 Å². The monoisotopic (exact) mass is 347 g/mol. The van der Waals surface area contributed by atoms with E-state index in [1.165, 1.54) is 0 Å². The van der Waals surface area contributed by atoms with Crippen molar-refractivity contribution < 1.29 is 13.6 Å². The minimum Gasteiger partial charge on any atom is -0.411 e. The summed E-state index contributed by atoms with van der Waals surface area (Å²) in [5, 5.41) is 12.0. The van der Waals surface area contributed by atoms with E-state index < -0.39 is 15.1 Å². The van der Waals surface area contributed by atoms with Crippen LogP contribution in [0.5, 0.6) is 0 Å². The second-order valence-electron chi connectivity index (χ2n) is 6.07. The molecule has 5 heteroatoms. The lowest BCUT2D eigenvalue weighted by atomic mass is 10.1. The molecule has 0 saturated heterocycles. The highest BCUT2D eigenvalue weighted by molar-refractivity contribution is 7.92. The van der Waals surface area contributed by atoms with Crippen LogP contribution in [0.25, 0.3) is 0 Å². The minimum absolute atomic E-state index is 0.283. The highest BCUT2D eigenvalue weighted by Crippen LogP contribution is 2.23. The van der Waals surface area contributed by atoms with Gasteiger partial charge in [0.05, 0.1) is 10.6 Å². The van der Waals surface area contributed by atoms with E-state index in [0.29, 0.717) is 31.4 Å². The Hall–Kier alpha value is -1.88. The van der Waals surface area contributed by atoms with E-state index in [-0.39, 0.29) is 4.90 Å². The van der Waals surface area contributed by atoms with Gasteiger partial charge in [-0.3, -0.25) is 0 Å². The second-order valence-corrected chi connectivity index (χ2v) is 8.20. The van der Waals surface area contributed by atoms with Crippen LogP contribution in [0.4, 0.5) is 0 Å². The first-order valence-corrected chi connectivity index (χ1v) is 9.91. The molecule has 1 unspecified atom stereocenters. The molecule has 1 N–H and O–H groups in total. The van der Waals surface area contributed by atoms with Gasteiger partial charge in [0.15, 0.2) is 9.84 Å². The first kappa shape index (κ1) is 18.5. The lowest BCUT2D eigenvalue weighted by Crippen LogP contribution is -2.30. The van der Waals surface area contributed by atoms with Crippen LogP contribution in [0.1, 0.15) is 44.1 Å². The number of aryl methyl sites for hydroxylation is 1. The average molecular weight is 347 g/mol. The van der Waals surface area contributed by atoms with Crippen molar-refractivity contribution >= 4 is 15.5 Å². The highest BCUT2D eigenvalue weighted by Gasteiger charge is 2.31. The zero-order valence-electron chi connectivity index (χ0n) is 14.1. The molecular weight excluding hydrogens is 322 g/mol. The Kier molecular flexibility index (Phi) is 6.79. The molecule has 1 aromatic rings. The number of sulfone groups is 1. The van der Waals surface area contributed by atoms with Crippen LogP contribution in [0, 0.1) is 6.92 Å². The molecule has 4 nitrogen and oxygen atoms in total. The van der Waals surface area contributed by atoms with Crippen LogP contribution in [-0.4, -0.2) is 24.6 Å². The van der Waals surface area contributed by atoms with Crippen LogP contribution in [-0.2, 0) is 9.84 Å². The molecule has 0 bridgehead atoms. The van der Waals surface area contributed by atoms with Crippen LogP contribution in [0.15, 0.2) is 58.6 Å². The Labute approximate surface area is 144 Å². The molecule has 0 amide bonds. The SMILES string of the molecule is Cc1ccc(S(=O)(=O)C2CC/C=C/CC/C=C/CC/C2=N/O)cc1. The highest BCUT2D eigenvalue weighted by atomic mass is 32.2. The fourth-order valence-corrected chi connectivity index (χ4v) is 4.62. The van der Waals surface area contributed by atoms with Crippen molar-refractivity contribution in [3.8, 4) is 0 Å². The molecule has 1 aliphatic carbocycles. The molecule has 0 aromatic heterocycles. The Morgan fingerprint density at radius 3 is 2.17 bits per heavy atom. The van der Waals surface area contributed by atoms with Gasteiger partial charge in [0.1, 0.15) is 5.25 Å². The van der Waals surface area contributed by atoms with Crippen molar-refractivity contribution in [2.45, 2.75) is 55.6 Å². The first-order valence-electron chi connectivity index (χ1n) is 8.37. The maximum Gasteiger partial charge on any atom is 0.186 e. The lowest BCUT2D eigenvalue weighted by molar-refractivity contribution is 0.316. The van der Waals surface area contributed by atoms with Gasteiger partial charge in [0.2, 0.25) is 0 Å². The summed E-state index contributed by atoms with van der Waals surface area (Å²) >= 11 is 0. The molecular formula is C19H25NO3S. The average Bonchev–Trinajstić information content (AvgIpc) is 2.55. The number of allylic oxidation sites excluding steroid dienone is 4. The van der Waals surface area contributed by atoms with Crippen LogP contribution in [0.3, 0.4) is 0 Å². The van der Waals surface area contributed by atoms with E-state index in [9.17, 15) is 13.6 Å². The molecule has 0 spiro atoms. The Bertz CT molecular complexity index is 715. The fourth-order valence-electron chi connectivity index (χ4n) is 2.81. The molecule has 2 rings (SSSR count). The fraction of sp³-hybridized carbons (Fsp3) is 0.421. The third-order valence-electron chi connectivity index (χ3n) is 4.22. The number of rotatable bonds is 2. The molecule has 1 atom stereocenters. The summed E-state index contributed by atoms with van der Waals surface area (Å²) in [6, 6.07) is 6.85. The van der Waals surface area contributed by atoms with Gasteiger partial charge >= 0.3 is 0 Å². The molecule has 130 valence electrons. The molecule has 0 saturated carbocycles. The Balaban J connectivity index is 2.34. The van der Waals surface area contributed by atoms with Crippen molar-refractivity contribution in [1.82, 2.24) is 0 Å². The summed E-state index contributed by atoms with van der Waals surface area (Å²) < 4.78 is 26.1. The topological polar surface area (TPSA) is 66.7 Å². The summed E-state index contributed by atoms with van der Waals surface area (Å²) in [5.74, 6) is 0. The number of hydrogen-bond donors (Lipinski definition) is 1. The van der Waals surface area contributed by atoms with E-state index in [1.54, 1.807) is 24.3 Å². The van der Waals surface area contributed by atoms with E-state index in [4.69, 9.17) is 0 Å². The van der Waals surface area contributed by atoms with Crippen molar-refractivity contribution in [1.29, 1.82) is 0 Å². The van der Waals surface area contributed by atoms with Gasteiger partial charge in [-0.05, 0) is 57.6 Å². The van der Waals surface area contributed by atoms with Crippen molar-refractivity contribution in [2.75, 3.05) is 0 Å². The van der Waals surface area contributed by atoms with Crippen molar-refractivity contribution in [2.24, 2.45) is 5.16 Å². The van der Waals surface area contributed by atoms with Crippen LogP contribution in [0.2, 0.25) is 0 Å². The summed E-state index contributed by atoms with van der Waals surface area (Å²) in [5.41, 5.74) is 1.35. The molecule has 24 heavy (non-hydrogen) atoms. The van der Waals surface area contributed by atoms with Gasteiger partial charge in [0.25, 0.3) is 0 Å². The van der Waals surface area contributed by atoms with Gasteiger partial charge < -0.3 is 5.21 Å². The second kappa shape index (κ2) is 8.83. The predicted molar refractivity (Wildman–Crippen MR) is 97.4 cm³/mol. The zero-order valence-corrected chi connectivity index (χ0v) is 14.9. The first-order chi connectivity index (χ1) is 11.6. The van der Waals surface area contributed by atoms with Crippen LogP contribution < -0.4 is 0 Å². The summed E-state index contributed by atoms with van der Waals surface area (Å²) in [7, 11) is -3.58. The van der Waals surface area contributed by atoms with Gasteiger partial charge in [0, 0.05) is 0 Å². The number of oxime groups is 1. The van der Waals surface area contributed by atoms with Gasteiger partial charge in [-0.1, -0.05) is 47.2 Å². The number of benzene rings is 1. The van der Waals surface area contributed by atoms with E-state index >= 15 is 0 Å². The van der Waals surface area contributed by atoms with Gasteiger partial charge in [-0.15, -0.1) is 0 Å². The van der Waals surface area contributed by atoms with Gasteiger partial charge in [-0.2, -0.15) is 0 Å². The minimum atomic E-state index is -3.58. The zero-order chi connectivity index (χ0) is 17.4. The van der Waals surface area contributed by atoms with E-state index in [2.05, 4.69) is 17.3 Å². The Morgan fingerprint density at radius 1 is 0.958 bits per heavy atom. The summed E-state index contributed by atoms with van der Waals surface area (Å²) in [6.07, 6.45) is 12.4. The molecule has 0 aliphatic heterocycles. The normalized spacial score (nSPS) is 24.7. The largest absolute Gasteiger partial charge is 0.411 e. The quantitative estimate of drug-likeness (QED) is 0.489. The summed E-state index contributed by atoms with van der Waals surface area (Å²) in [6.45, 7) is 1.92. The van der Waals surface area contributed by atoms with E-state index in [1.807, 2.05) is 19.1 Å². The molecule has 0 fully saturated rings. The number of nitrogens with zero attached hydrogens (tertiary/aromatic N) is 1. The molecule has 1 aromatic carbocycles. The number of hydrogen-bond acceptors (Lipinski definition) is 4. The Morgan fingerprint density at radius 2 is 1.54 bits per heavy atom. The predicted octanol–water partition coefficient (Wildman–Crippen LogP) is 4.43. The standard InChI is InChI=1S/C19H25NO3S/c1-16-12-14-17(15-13-16)24(22,23)19-11-9-7-5-3-2-4-6-8-10-18(19)20-21/h4-7,12-15,19,21H,2-3,8-11H2,1H3/b6-4+,7-5+,20-18-. The third kappa shape index (κ3) is 4.81. The maximum atomic E-state index is 13.1. The van der Waals surface area contributed by atoms with Gasteiger partial charge in [-0.25, -0.2) is 8.42 Å². The molecule has 0 heterocycles. The van der Waals surface area contributed by atoms with Crippen LogP contribution >= 0.6 is 0 Å². The van der Waals surface area contributed by atoms with E-state index in [0.717, 1.165) is 18.4 Å². The molecule has 1 aliphatic rings. The lowest BCUT2D eigenvalue weighted by Gasteiger charge is -2.18. The smallest absolute Gasteiger partial charge is 0.186 e. The molecule has 0 radical (unpaired) electrons. The maximum absolute atomic E-state index is 13.1. The third-order valence-corrected chi connectivity index (χ3v) is 6.41.